The smallest absolute Gasteiger partial charge is 0.357 e. The highest BCUT2D eigenvalue weighted by Gasteiger charge is 2.24. The summed E-state index contributed by atoms with van der Waals surface area (Å²) in [5.41, 5.74) is -0.425. The molecule has 10 heteroatoms. The van der Waals surface area contributed by atoms with Gasteiger partial charge in [0.1, 0.15) is 0 Å². The Morgan fingerprint density at radius 3 is 2.57 bits per heavy atom. The maximum atomic E-state index is 12.9. The van der Waals surface area contributed by atoms with Gasteiger partial charge in [-0.1, -0.05) is 30.3 Å². The van der Waals surface area contributed by atoms with Gasteiger partial charge in [0, 0.05) is 17.7 Å². The fourth-order valence-corrected chi connectivity index (χ4v) is 2.69. The Morgan fingerprint density at radius 1 is 1.17 bits per heavy atom. The summed E-state index contributed by atoms with van der Waals surface area (Å²) < 4.78 is 4.87. The lowest BCUT2D eigenvalue weighted by Gasteiger charge is -2.10. The number of anilines is 1. The topological polar surface area (TPSA) is 144 Å². The molecular formula is C20H16N4O6. The van der Waals surface area contributed by atoms with Crippen molar-refractivity contribution in [1.82, 2.24) is 9.97 Å². The highest BCUT2D eigenvalue weighted by atomic mass is 16.6. The number of ether oxygens (including phenoxy) is 1. The van der Waals surface area contributed by atoms with E-state index in [9.17, 15) is 24.5 Å². The summed E-state index contributed by atoms with van der Waals surface area (Å²) in [6.45, 7) is 1.73. The number of hydrogen-bond donors (Lipinski definition) is 2. The Balaban J connectivity index is 1.97. The number of H-pyrrole nitrogens is 1. The van der Waals surface area contributed by atoms with Gasteiger partial charge in [0.2, 0.25) is 0 Å². The minimum atomic E-state index is -0.782. The van der Waals surface area contributed by atoms with Crippen LogP contribution in [0.2, 0.25) is 0 Å². The third kappa shape index (κ3) is 4.22. The molecule has 0 fully saturated rings. The molecule has 3 aromatic rings. The van der Waals surface area contributed by atoms with Crippen LogP contribution in [0, 0.1) is 10.1 Å². The van der Waals surface area contributed by atoms with Gasteiger partial charge in [-0.25, -0.2) is 9.78 Å². The summed E-state index contributed by atoms with van der Waals surface area (Å²) in [5, 5.41) is 13.6. The Bertz CT molecular complexity index is 1120. The van der Waals surface area contributed by atoms with E-state index in [0.717, 1.165) is 18.5 Å². The summed E-state index contributed by atoms with van der Waals surface area (Å²) in [5.74, 6) is -2.05. The second-order valence-electron chi connectivity index (χ2n) is 5.98. The number of amides is 1. The lowest BCUT2D eigenvalue weighted by atomic mass is 10.0. The van der Waals surface area contributed by atoms with Crippen LogP contribution in [0.1, 0.15) is 43.8 Å². The van der Waals surface area contributed by atoms with E-state index >= 15 is 0 Å². The molecule has 0 saturated heterocycles. The van der Waals surface area contributed by atoms with Crippen molar-refractivity contribution >= 4 is 29.0 Å². The number of rotatable bonds is 7. The Labute approximate surface area is 170 Å². The Kier molecular flexibility index (Phi) is 5.97. The molecule has 1 amide bonds. The normalized spacial score (nSPS) is 10.3. The molecule has 10 nitrogen and oxygen atoms in total. The van der Waals surface area contributed by atoms with E-state index in [0.29, 0.717) is 5.56 Å². The lowest BCUT2D eigenvalue weighted by molar-refractivity contribution is -0.384. The fourth-order valence-electron chi connectivity index (χ4n) is 2.69. The first kappa shape index (κ1) is 20.4. The van der Waals surface area contributed by atoms with E-state index in [-0.39, 0.29) is 34.9 Å². The zero-order valence-electron chi connectivity index (χ0n) is 15.7. The number of aromatic amines is 1. The zero-order valence-corrected chi connectivity index (χ0v) is 15.7. The van der Waals surface area contributed by atoms with Crippen LogP contribution in [-0.4, -0.2) is 39.2 Å². The molecule has 0 radical (unpaired) electrons. The molecule has 152 valence electrons. The van der Waals surface area contributed by atoms with Crippen molar-refractivity contribution in [3.8, 4) is 0 Å². The van der Waals surface area contributed by atoms with Crippen molar-refractivity contribution < 1.29 is 24.0 Å². The SMILES string of the molecule is CCOC(=O)c1[nH]cnc1C(=O)Nc1ccc([N+](=O)[O-])cc1C(=O)c1ccccc1. The molecule has 0 atom stereocenters. The molecule has 0 unspecified atom stereocenters. The third-order valence-electron chi connectivity index (χ3n) is 4.08. The molecule has 0 aliphatic carbocycles. The largest absolute Gasteiger partial charge is 0.461 e. The summed E-state index contributed by atoms with van der Waals surface area (Å²) in [7, 11) is 0. The van der Waals surface area contributed by atoms with Crippen LogP contribution in [0.5, 0.6) is 0 Å². The molecule has 2 N–H and O–H groups in total. The number of nitrogens with one attached hydrogen (secondary N) is 2. The van der Waals surface area contributed by atoms with Gasteiger partial charge in [-0.15, -0.1) is 0 Å². The van der Waals surface area contributed by atoms with Crippen LogP contribution in [0.4, 0.5) is 11.4 Å². The molecule has 0 saturated carbocycles. The van der Waals surface area contributed by atoms with E-state index in [1.807, 2.05) is 0 Å². The molecule has 30 heavy (non-hydrogen) atoms. The lowest BCUT2D eigenvalue weighted by Crippen LogP contribution is -2.19. The first-order chi connectivity index (χ1) is 14.4. The number of aromatic nitrogens is 2. The molecular weight excluding hydrogens is 392 g/mol. The first-order valence-corrected chi connectivity index (χ1v) is 8.82. The minimum Gasteiger partial charge on any atom is -0.461 e. The second kappa shape index (κ2) is 8.78. The van der Waals surface area contributed by atoms with Crippen LogP contribution in [0.3, 0.4) is 0 Å². The van der Waals surface area contributed by atoms with Crippen LogP contribution < -0.4 is 5.32 Å². The maximum Gasteiger partial charge on any atom is 0.357 e. The highest BCUT2D eigenvalue weighted by Crippen LogP contribution is 2.25. The molecule has 0 bridgehead atoms. The number of carbonyl (C=O) groups excluding carboxylic acids is 3. The number of carbonyl (C=O) groups is 3. The van der Waals surface area contributed by atoms with E-state index in [4.69, 9.17) is 4.74 Å². The third-order valence-corrected chi connectivity index (χ3v) is 4.08. The predicted molar refractivity (Wildman–Crippen MR) is 105 cm³/mol. The predicted octanol–water partition coefficient (Wildman–Crippen LogP) is 2.98. The minimum absolute atomic E-state index is 0.0391. The van der Waals surface area contributed by atoms with Gasteiger partial charge in [0.15, 0.2) is 17.2 Å². The van der Waals surface area contributed by atoms with Gasteiger partial charge >= 0.3 is 5.97 Å². The monoisotopic (exact) mass is 408 g/mol. The Morgan fingerprint density at radius 2 is 1.90 bits per heavy atom. The quantitative estimate of drug-likeness (QED) is 0.265. The molecule has 1 heterocycles. The molecule has 2 aromatic carbocycles. The number of nitrogens with zero attached hydrogens (tertiary/aromatic N) is 2. The van der Waals surface area contributed by atoms with E-state index in [1.54, 1.807) is 37.3 Å². The molecule has 3 rings (SSSR count). The summed E-state index contributed by atoms with van der Waals surface area (Å²) in [6.07, 6.45) is 1.16. The first-order valence-electron chi connectivity index (χ1n) is 8.82. The van der Waals surface area contributed by atoms with Crippen LogP contribution in [-0.2, 0) is 4.74 Å². The number of imidazole rings is 1. The van der Waals surface area contributed by atoms with Crippen molar-refractivity contribution in [3.05, 3.63) is 87.5 Å². The van der Waals surface area contributed by atoms with Gasteiger partial charge in [0.05, 0.1) is 29.1 Å². The number of ketones is 1. The molecule has 0 aliphatic rings. The summed E-state index contributed by atoms with van der Waals surface area (Å²) >= 11 is 0. The number of esters is 1. The average Bonchev–Trinajstić information content (AvgIpc) is 3.24. The van der Waals surface area contributed by atoms with Gasteiger partial charge in [-0.3, -0.25) is 19.7 Å². The Hall–Kier alpha value is -4.34. The number of non-ortho nitro benzene ring substituents is 1. The van der Waals surface area contributed by atoms with E-state index < -0.39 is 22.6 Å². The van der Waals surface area contributed by atoms with Crippen molar-refractivity contribution in [2.45, 2.75) is 6.92 Å². The van der Waals surface area contributed by atoms with Crippen molar-refractivity contribution in [3.63, 3.8) is 0 Å². The van der Waals surface area contributed by atoms with Crippen molar-refractivity contribution in [1.29, 1.82) is 0 Å². The number of hydrogen-bond acceptors (Lipinski definition) is 7. The second-order valence-corrected chi connectivity index (χ2v) is 5.98. The number of benzene rings is 2. The number of nitro groups is 1. The van der Waals surface area contributed by atoms with Crippen LogP contribution >= 0.6 is 0 Å². The van der Waals surface area contributed by atoms with Gasteiger partial charge in [-0.2, -0.15) is 0 Å². The van der Waals surface area contributed by atoms with E-state index in [1.165, 1.54) is 6.07 Å². The van der Waals surface area contributed by atoms with Crippen LogP contribution in [0.25, 0.3) is 0 Å². The molecule has 0 spiro atoms. The highest BCUT2D eigenvalue weighted by molar-refractivity contribution is 6.16. The standard InChI is InChI=1S/C20H16N4O6/c1-2-30-20(27)17-16(21-11-22-17)19(26)23-15-9-8-13(24(28)29)10-14(15)18(25)12-6-4-3-5-7-12/h3-11H,2H2,1H3,(H,21,22)(H,23,26). The average molecular weight is 408 g/mol. The van der Waals surface area contributed by atoms with Gasteiger partial charge < -0.3 is 15.0 Å². The van der Waals surface area contributed by atoms with Crippen molar-refractivity contribution in [2.24, 2.45) is 0 Å². The zero-order chi connectivity index (χ0) is 21.7. The molecule has 1 aromatic heterocycles. The summed E-state index contributed by atoms with van der Waals surface area (Å²) in [6, 6.07) is 11.6. The fraction of sp³-hybridized carbons (Fsp3) is 0.100. The van der Waals surface area contributed by atoms with Crippen LogP contribution in [0.15, 0.2) is 54.9 Å². The summed E-state index contributed by atoms with van der Waals surface area (Å²) in [4.78, 5) is 54.4. The van der Waals surface area contributed by atoms with Crippen molar-refractivity contribution in [2.75, 3.05) is 11.9 Å². The van der Waals surface area contributed by atoms with Gasteiger partial charge in [0.25, 0.3) is 11.6 Å². The molecule has 0 aliphatic heterocycles. The maximum absolute atomic E-state index is 12.9. The van der Waals surface area contributed by atoms with Gasteiger partial charge in [-0.05, 0) is 13.0 Å². The number of nitro benzene ring substituents is 1. The van der Waals surface area contributed by atoms with E-state index in [2.05, 4.69) is 15.3 Å².